The first-order valence-corrected chi connectivity index (χ1v) is 6.39. The lowest BCUT2D eigenvalue weighted by atomic mass is 10.2. The van der Waals surface area contributed by atoms with Crippen LogP contribution in [0.25, 0.3) is 0 Å². The fourth-order valence-corrected chi connectivity index (χ4v) is 1.80. The second kappa shape index (κ2) is 9.08. The van der Waals surface area contributed by atoms with Gasteiger partial charge in [-0.05, 0) is 25.7 Å². The molecule has 104 valence electrons. The highest BCUT2D eigenvalue weighted by Crippen LogP contribution is 2.11. The maximum absolute atomic E-state index is 10.6. The highest BCUT2D eigenvalue weighted by Gasteiger charge is 2.16. The van der Waals surface area contributed by atoms with Crippen LogP contribution in [0.4, 0.5) is 0 Å². The fraction of sp³-hybridized carbons (Fsp3) is 0.769. The van der Waals surface area contributed by atoms with E-state index in [-0.39, 0.29) is 24.8 Å². The molecule has 0 saturated carbocycles. The second-order valence-electron chi connectivity index (χ2n) is 4.29. The summed E-state index contributed by atoms with van der Waals surface area (Å²) in [5.74, 6) is -0.375. The summed E-state index contributed by atoms with van der Waals surface area (Å²) in [4.78, 5) is 10.6. The van der Waals surface area contributed by atoms with Crippen LogP contribution in [-0.2, 0) is 19.0 Å². The minimum absolute atomic E-state index is 0.110. The third-order valence-corrected chi connectivity index (χ3v) is 2.83. The van der Waals surface area contributed by atoms with Crippen LogP contribution in [0.1, 0.15) is 25.7 Å². The first-order valence-electron chi connectivity index (χ1n) is 6.39. The molecule has 18 heavy (non-hydrogen) atoms. The van der Waals surface area contributed by atoms with Gasteiger partial charge < -0.3 is 19.3 Å². The summed E-state index contributed by atoms with van der Waals surface area (Å²) < 4.78 is 15.1. The van der Waals surface area contributed by atoms with Crippen LogP contribution in [0.3, 0.4) is 0 Å². The van der Waals surface area contributed by atoms with E-state index in [1.54, 1.807) is 0 Å². The van der Waals surface area contributed by atoms with E-state index in [9.17, 15) is 4.79 Å². The van der Waals surface area contributed by atoms with Crippen molar-refractivity contribution in [1.82, 2.24) is 0 Å². The molecule has 0 spiro atoms. The van der Waals surface area contributed by atoms with Gasteiger partial charge >= 0.3 is 5.97 Å². The van der Waals surface area contributed by atoms with E-state index in [1.807, 2.05) is 0 Å². The van der Waals surface area contributed by atoms with Crippen LogP contribution in [0.5, 0.6) is 0 Å². The third kappa shape index (κ3) is 6.14. The molecular formula is C13H22O5. The van der Waals surface area contributed by atoms with Crippen molar-refractivity contribution < 1.29 is 24.1 Å². The molecule has 1 N–H and O–H groups in total. The molecule has 0 aromatic carbocycles. The molecule has 2 aliphatic heterocycles. The summed E-state index contributed by atoms with van der Waals surface area (Å²) in [6.45, 7) is 5.48. The lowest BCUT2D eigenvalue weighted by Gasteiger charge is -2.07. The maximum atomic E-state index is 10.6. The molecule has 2 rings (SSSR count). The molecule has 0 aliphatic carbocycles. The molecule has 5 nitrogen and oxygen atoms in total. The normalized spacial score (nSPS) is 26.3. The zero-order valence-corrected chi connectivity index (χ0v) is 10.7. The third-order valence-electron chi connectivity index (χ3n) is 2.83. The number of aliphatic hydroxyl groups excluding tert-OH is 1. The molecule has 0 amide bonds. The molecule has 2 fully saturated rings. The number of carbonyl (C=O) groups excluding carboxylic acids is 1. The number of aliphatic hydroxyl groups is 1. The van der Waals surface area contributed by atoms with Gasteiger partial charge in [0.05, 0.1) is 18.8 Å². The van der Waals surface area contributed by atoms with E-state index < -0.39 is 0 Å². The summed E-state index contributed by atoms with van der Waals surface area (Å²) in [5, 5.41) is 8.44. The number of ether oxygens (including phenoxy) is 3. The van der Waals surface area contributed by atoms with E-state index in [0.29, 0.717) is 6.61 Å². The highest BCUT2D eigenvalue weighted by molar-refractivity contribution is 5.81. The Morgan fingerprint density at radius 2 is 1.89 bits per heavy atom. The van der Waals surface area contributed by atoms with Crippen molar-refractivity contribution >= 4 is 5.97 Å². The van der Waals surface area contributed by atoms with Gasteiger partial charge in [0.2, 0.25) is 0 Å². The smallest absolute Gasteiger partial charge is 0.330 e. The van der Waals surface area contributed by atoms with Gasteiger partial charge in [0.1, 0.15) is 6.61 Å². The average Bonchev–Trinajstić information content (AvgIpc) is 3.09. The SMILES string of the molecule is C=CC(=O)OCC1CCCO1.OCC1CCCO1. The number of esters is 1. The molecule has 2 atom stereocenters. The zero-order valence-electron chi connectivity index (χ0n) is 10.7. The van der Waals surface area contributed by atoms with Crippen molar-refractivity contribution in [3.8, 4) is 0 Å². The van der Waals surface area contributed by atoms with Gasteiger partial charge in [-0.15, -0.1) is 0 Å². The Hall–Kier alpha value is -0.910. The first-order chi connectivity index (χ1) is 8.76. The van der Waals surface area contributed by atoms with Gasteiger partial charge in [0.25, 0.3) is 0 Å². The predicted molar refractivity (Wildman–Crippen MR) is 66.2 cm³/mol. The van der Waals surface area contributed by atoms with E-state index in [1.165, 1.54) is 0 Å². The van der Waals surface area contributed by atoms with Gasteiger partial charge in [-0.1, -0.05) is 6.58 Å². The van der Waals surface area contributed by atoms with Crippen molar-refractivity contribution in [3.63, 3.8) is 0 Å². The van der Waals surface area contributed by atoms with Crippen LogP contribution < -0.4 is 0 Å². The summed E-state index contributed by atoms with van der Waals surface area (Å²) in [7, 11) is 0. The average molecular weight is 258 g/mol. The van der Waals surface area contributed by atoms with Crippen molar-refractivity contribution in [2.75, 3.05) is 26.4 Å². The Morgan fingerprint density at radius 3 is 2.28 bits per heavy atom. The molecular weight excluding hydrogens is 236 g/mol. The number of carbonyl (C=O) groups is 1. The number of hydrogen-bond donors (Lipinski definition) is 1. The monoisotopic (exact) mass is 258 g/mol. The van der Waals surface area contributed by atoms with Gasteiger partial charge in [-0.3, -0.25) is 0 Å². The van der Waals surface area contributed by atoms with Crippen LogP contribution in [0.15, 0.2) is 12.7 Å². The Bertz CT molecular complexity index is 242. The molecule has 5 heteroatoms. The minimum atomic E-state index is -0.375. The van der Waals surface area contributed by atoms with Crippen LogP contribution >= 0.6 is 0 Å². The van der Waals surface area contributed by atoms with Gasteiger partial charge in [-0.2, -0.15) is 0 Å². The van der Waals surface area contributed by atoms with E-state index in [0.717, 1.165) is 45.0 Å². The lowest BCUT2D eigenvalue weighted by Crippen LogP contribution is -2.16. The maximum Gasteiger partial charge on any atom is 0.330 e. The zero-order chi connectivity index (χ0) is 13.2. The van der Waals surface area contributed by atoms with Crippen molar-refractivity contribution in [1.29, 1.82) is 0 Å². The van der Waals surface area contributed by atoms with Gasteiger partial charge in [-0.25, -0.2) is 4.79 Å². The molecule has 2 aliphatic rings. The summed E-state index contributed by atoms with van der Waals surface area (Å²) in [6.07, 6.45) is 5.64. The van der Waals surface area contributed by atoms with E-state index in [4.69, 9.17) is 19.3 Å². The van der Waals surface area contributed by atoms with Crippen LogP contribution in [-0.4, -0.2) is 49.7 Å². The van der Waals surface area contributed by atoms with Crippen LogP contribution in [0, 0.1) is 0 Å². The highest BCUT2D eigenvalue weighted by atomic mass is 16.6. The summed E-state index contributed by atoms with van der Waals surface area (Å²) in [5.41, 5.74) is 0. The number of hydrogen-bond acceptors (Lipinski definition) is 5. The largest absolute Gasteiger partial charge is 0.460 e. The van der Waals surface area contributed by atoms with Crippen molar-refractivity contribution in [3.05, 3.63) is 12.7 Å². The number of rotatable bonds is 4. The van der Waals surface area contributed by atoms with Crippen molar-refractivity contribution in [2.45, 2.75) is 37.9 Å². The topological polar surface area (TPSA) is 65.0 Å². The molecule has 2 saturated heterocycles. The summed E-state index contributed by atoms with van der Waals surface area (Å²) >= 11 is 0. The van der Waals surface area contributed by atoms with Gasteiger partial charge in [0.15, 0.2) is 0 Å². The second-order valence-corrected chi connectivity index (χ2v) is 4.29. The molecule has 0 radical (unpaired) electrons. The Kier molecular flexibility index (Phi) is 7.64. The molecule has 0 aromatic heterocycles. The molecule has 2 unspecified atom stereocenters. The standard InChI is InChI=1S/C8H12O3.C5H10O2/c1-2-8(9)11-6-7-4-3-5-10-7;6-4-5-2-1-3-7-5/h2,7H,1,3-6H2;5-6H,1-4H2. The van der Waals surface area contributed by atoms with E-state index in [2.05, 4.69) is 6.58 Å². The minimum Gasteiger partial charge on any atom is -0.460 e. The lowest BCUT2D eigenvalue weighted by molar-refractivity contribution is -0.140. The Balaban J connectivity index is 0.000000199. The fourth-order valence-electron chi connectivity index (χ4n) is 1.80. The van der Waals surface area contributed by atoms with Crippen molar-refractivity contribution in [2.24, 2.45) is 0 Å². The quantitative estimate of drug-likeness (QED) is 0.603. The summed E-state index contributed by atoms with van der Waals surface area (Å²) in [6, 6.07) is 0. The molecule has 0 aromatic rings. The van der Waals surface area contributed by atoms with Crippen LogP contribution in [0.2, 0.25) is 0 Å². The molecule has 2 heterocycles. The Morgan fingerprint density at radius 1 is 1.28 bits per heavy atom. The van der Waals surface area contributed by atoms with Gasteiger partial charge in [0, 0.05) is 19.3 Å². The Labute approximate surface area is 108 Å². The first kappa shape index (κ1) is 15.1. The van der Waals surface area contributed by atoms with E-state index >= 15 is 0 Å². The predicted octanol–water partition coefficient (Wildman–Crippen LogP) is 1.05. The molecule has 0 bridgehead atoms.